The minimum atomic E-state index is -0.470. The molecular formula is C30H40N2O2. The van der Waals surface area contributed by atoms with E-state index < -0.39 is 5.60 Å². The Morgan fingerprint density at radius 1 is 1.00 bits per heavy atom. The monoisotopic (exact) mass is 460 g/mol. The van der Waals surface area contributed by atoms with E-state index in [2.05, 4.69) is 74.3 Å². The number of carbonyl (C=O) groups excluding carboxylic acids is 1. The molecule has 0 bridgehead atoms. The first-order valence-electron chi connectivity index (χ1n) is 12.0. The summed E-state index contributed by atoms with van der Waals surface area (Å²) in [6.07, 6.45) is 2.71. The van der Waals surface area contributed by atoms with E-state index in [1.54, 1.807) is 0 Å². The molecule has 1 heterocycles. The summed E-state index contributed by atoms with van der Waals surface area (Å²) in [6.45, 7) is 16.0. The number of esters is 1. The van der Waals surface area contributed by atoms with Crippen LogP contribution in [0.4, 0.5) is 0 Å². The lowest BCUT2D eigenvalue weighted by atomic mass is 9.94. The predicted octanol–water partition coefficient (Wildman–Crippen LogP) is 7.64. The van der Waals surface area contributed by atoms with Crippen LogP contribution in [0, 0.1) is 19.8 Å². The summed E-state index contributed by atoms with van der Waals surface area (Å²) in [7, 11) is 0. The van der Waals surface area contributed by atoms with Crippen molar-refractivity contribution in [3.05, 3.63) is 94.8 Å². The molecule has 1 unspecified atom stereocenters. The first kappa shape index (κ1) is 27.1. The highest BCUT2D eigenvalue weighted by Crippen LogP contribution is 2.28. The Morgan fingerprint density at radius 3 is 2.12 bits per heavy atom. The number of nitrogens with one attached hydrogen (secondary N) is 1. The van der Waals surface area contributed by atoms with Gasteiger partial charge in [-0.1, -0.05) is 87.0 Å². The van der Waals surface area contributed by atoms with Crippen molar-refractivity contribution < 1.29 is 9.53 Å². The number of hydrogen-bond donors (Lipinski definition) is 1. The van der Waals surface area contributed by atoms with Crippen molar-refractivity contribution in [3.63, 3.8) is 0 Å². The highest BCUT2D eigenvalue weighted by molar-refractivity contribution is 5.80. The van der Waals surface area contributed by atoms with Crippen molar-refractivity contribution in [2.45, 2.75) is 73.3 Å². The van der Waals surface area contributed by atoms with Gasteiger partial charge in [-0.25, -0.2) is 0 Å². The fraction of sp³-hybridized carbons (Fsp3) is 0.400. The van der Waals surface area contributed by atoms with Crippen LogP contribution >= 0.6 is 0 Å². The van der Waals surface area contributed by atoms with Gasteiger partial charge in [-0.2, -0.15) is 5.10 Å². The highest BCUT2D eigenvalue weighted by atomic mass is 16.6. The van der Waals surface area contributed by atoms with Crippen molar-refractivity contribution in [1.29, 1.82) is 0 Å². The van der Waals surface area contributed by atoms with Crippen LogP contribution in [0.25, 0.3) is 5.57 Å². The number of aryl methyl sites for hydroxylation is 2. The smallest absolute Gasteiger partial charge is 0.309 e. The minimum absolute atomic E-state index is 0.173. The lowest BCUT2D eigenvalue weighted by molar-refractivity contribution is -0.159. The van der Waals surface area contributed by atoms with Gasteiger partial charge < -0.3 is 4.74 Å². The van der Waals surface area contributed by atoms with Gasteiger partial charge in [0.05, 0.1) is 11.6 Å². The molecule has 0 amide bonds. The standard InChI is InChI=1S/C23H32N2O2.C7H8/c1-15(2)20-14-21(25-24-20)19(18-11-9-8-10-16(18)3)13-12-17(4)22(26)27-23(5,6)7;1-7-5-3-2-4-6-7/h8-11,13-15,17H,12H2,1-7H3,(H,24,25);2-6H,1H3/b19-13+;. The maximum atomic E-state index is 12.3. The first-order valence-corrected chi connectivity index (χ1v) is 12.0. The lowest BCUT2D eigenvalue weighted by Gasteiger charge is -2.22. The maximum Gasteiger partial charge on any atom is 0.309 e. The number of aromatic nitrogens is 2. The third-order valence-corrected chi connectivity index (χ3v) is 5.36. The number of hydrogen-bond acceptors (Lipinski definition) is 3. The Morgan fingerprint density at radius 2 is 1.62 bits per heavy atom. The molecule has 3 aromatic rings. The van der Waals surface area contributed by atoms with Crippen molar-refractivity contribution in [2.75, 3.05) is 0 Å². The summed E-state index contributed by atoms with van der Waals surface area (Å²) in [5.41, 5.74) is 6.23. The summed E-state index contributed by atoms with van der Waals surface area (Å²) >= 11 is 0. The number of nitrogens with zero attached hydrogens (tertiary/aromatic N) is 1. The second kappa shape index (κ2) is 12.4. The highest BCUT2D eigenvalue weighted by Gasteiger charge is 2.21. The molecule has 1 atom stereocenters. The molecule has 3 rings (SSSR count). The molecule has 0 saturated carbocycles. The van der Waals surface area contributed by atoms with Gasteiger partial charge in [0.2, 0.25) is 0 Å². The molecule has 0 spiro atoms. The summed E-state index contributed by atoms with van der Waals surface area (Å²) in [6, 6.07) is 20.6. The summed E-state index contributed by atoms with van der Waals surface area (Å²) < 4.78 is 5.51. The zero-order valence-electron chi connectivity index (χ0n) is 22.0. The molecule has 4 nitrogen and oxygen atoms in total. The van der Waals surface area contributed by atoms with Crippen molar-refractivity contribution in [2.24, 2.45) is 5.92 Å². The third-order valence-electron chi connectivity index (χ3n) is 5.36. The van der Waals surface area contributed by atoms with E-state index in [1.807, 2.05) is 58.0 Å². The first-order chi connectivity index (χ1) is 16.0. The molecule has 182 valence electrons. The van der Waals surface area contributed by atoms with Crippen LogP contribution in [0.15, 0.2) is 66.7 Å². The second-order valence-corrected chi connectivity index (χ2v) is 10.1. The van der Waals surface area contributed by atoms with Crippen molar-refractivity contribution >= 4 is 11.5 Å². The maximum absolute atomic E-state index is 12.3. The molecular weight excluding hydrogens is 420 g/mol. The Hall–Kier alpha value is -3.14. The number of benzene rings is 2. The van der Waals surface area contributed by atoms with Crippen LogP contribution in [-0.2, 0) is 9.53 Å². The largest absolute Gasteiger partial charge is 0.460 e. The van der Waals surface area contributed by atoms with E-state index in [0.717, 1.165) is 22.5 Å². The SMILES string of the molecule is Cc1ccccc1.Cc1ccccc1/C(=C\CC(C)C(=O)OC(C)(C)C)c1cc(C(C)C)[nH]n1. The Balaban J connectivity index is 0.000000497. The second-order valence-electron chi connectivity index (χ2n) is 10.1. The van der Waals surface area contributed by atoms with Crippen molar-refractivity contribution in [1.82, 2.24) is 10.2 Å². The average molecular weight is 461 g/mol. The molecule has 1 aromatic heterocycles. The van der Waals surface area contributed by atoms with E-state index in [4.69, 9.17) is 4.74 Å². The van der Waals surface area contributed by atoms with E-state index in [-0.39, 0.29) is 11.9 Å². The molecule has 34 heavy (non-hydrogen) atoms. The number of aromatic amines is 1. The molecule has 0 aliphatic rings. The lowest BCUT2D eigenvalue weighted by Crippen LogP contribution is -2.27. The Bertz CT molecular complexity index is 1070. The zero-order chi connectivity index (χ0) is 25.3. The molecule has 0 aliphatic heterocycles. The summed E-state index contributed by atoms with van der Waals surface area (Å²) in [4.78, 5) is 12.3. The van der Waals surface area contributed by atoms with Gasteiger partial charge in [0.15, 0.2) is 0 Å². The Labute approximate surface area is 205 Å². The number of carbonyl (C=O) groups is 1. The van der Waals surface area contributed by atoms with Crippen LogP contribution in [0.2, 0.25) is 0 Å². The van der Waals surface area contributed by atoms with Crippen molar-refractivity contribution in [3.8, 4) is 0 Å². The molecule has 0 aliphatic carbocycles. The van der Waals surface area contributed by atoms with E-state index in [0.29, 0.717) is 12.3 Å². The van der Waals surface area contributed by atoms with E-state index >= 15 is 0 Å². The predicted molar refractivity (Wildman–Crippen MR) is 142 cm³/mol. The van der Waals surface area contributed by atoms with Gasteiger partial charge in [-0.05, 0) is 64.2 Å². The van der Waals surface area contributed by atoms with Gasteiger partial charge >= 0.3 is 5.97 Å². The molecule has 0 saturated heterocycles. The zero-order valence-corrected chi connectivity index (χ0v) is 22.0. The van der Waals surface area contributed by atoms with Crippen LogP contribution in [0.3, 0.4) is 0 Å². The van der Waals surface area contributed by atoms with Gasteiger partial charge in [-0.15, -0.1) is 0 Å². The van der Waals surface area contributed by atoms with Crippen LogP contribution in [-0.4, -0.2) is 21.8 Å². The normalized spacial score (nSPS) is 12.7. The van der Waals surface area contributed by atoms with Gasteiger partial charge in [0.1, 0.15) is 5.60 Å². The van der Waals surface area contributed by atoms with Gasteiger partial charge in [0.25, 0.3) is 0 Å². The number of allylic oxidation sites excluding steroid dienone is 1. The number of ether oxygens (including phenoxy) is 1. The van der Waals surface area contributed by atoms with Crippen LogP contribution in [0.5, 0.6) is 0 Å². The third kappa shape index (κ3) is 8.66. The van der Waals surface area contributed by atoms with Gasteiger partial charge in [0, 0.05) is 11.3 Å². The minimum Gasteiger partial charge on any atom is -0.460 e. The molecule has 2 aromatic carbocycles. The Kier molecular flexibility index (Phi) is 9.85. The quantitative estimate of drug-likeness (QED) is 0.385. The summed E-state index contributed by atoms with van der Waals surface area (Å²) in [5, 5.41) is 7.66. The van der Waals surface area contributed by atoms with E-state index in [9.17, 15) is 4.79 Å². The van der Waals surface area contributed by atoms with Gasteiger partial charge in [-0.3, -0.25) is 9.89 Å². The fourth-order valence-corrected chi connectivity index (χ4v) is 3.33. The van der Waals surface area contributed by atoms with E-state index in [1.165, 1.54) is 11.1 Å². The fourth-order valence-electron chi connectivity index (χ4n) is 3.33. The summed E-state index contributed by atoms with van der Waals surface area (Å²) in [5.74, 6) is -0.00964. The number of rotatable bonds is 6. The molecule has 0 radical (unpaired) electrons. The molecule has 4 heteroatoms. The number of H-pyrrole nitrogens is 1. The average Bonchev–Trinajstić information content (AvgIpc) is 3.25. The van der Waals surface area contributed by atoms with Crippen LogP contribution < -0.4 is 0 Å². The molecule has 0 fully saturated rings. The van der Waals surface area contributed by atoms with Crippen LogP contribution in [0.1, 0.15) is 82.0 Å². The molecule has 1 N–H and O–H groups in total. The topological polar surface area (TPSA) is 55.0 Å².